The zero-order chi connectivity index (χ0) is 16.2. The zero-order valence-corrected chi connectivity index (χ0v) is 13.9. The molecule has 0 unspecified atom stereocenters. The third-order valence-corrected chi connectivity index (χ3v) is 3.40. The fourth-order valence-electron chi connectivity index (χ4n) is 1.90. The van der Waals surface area contributed by atoms with Crippen molar-refractivity contribution < 1.29 is 14.3 Å². The lowest BCUT2D eigenvalue weighted by atomic mass is 10.1. The number of hydrogen-bond donors (Lipinski definition) is 1. The predicted octanol–water partition coefficient (Wildman–Crippen LogP) is 1.57. The van der Waals surface area contributed by atoms with Crippen molar-refractivity contribution in [3.63, 3.8) is 0 Å². The van der Waals surface area contributed by atoms with Gasteiger partial charge in [-0.15, -0.1) is 0 Å². The monoisotopic (exact) mass is 308 g/mol. The highest BCUT2D eigenvalue weighted by atomic mass is 16.5. The maximum Gasteiger partial charge on any atom is 0.253 e. The minimum Gasteiger partial charge on any atom is -0.378 e. The van der Waals surface area contributed by atoms with Crippen molar-refractivity contribution in [1.82, 2.24) is 10.2 Å². The fraction of sp³-hybridized carbons (Fsp3) is 0.588. The van der Waals surface area contributed by atoms with Crippen LogP contribution in [0.3, 0.4) is 0 Å². The molecule has 1 rings (SSSR count). The van der Waals surface area contributed by atoms with Gasteiger partial charge in [-0.05, 0) is 31.2 Å². The van der Waals surface area contributed by atoms with Crippen molar-refractivity contribution >= 4 is 5.91 Å². The fourth-order valence-corrected chi connectivity index (χ4v) is 1.90. The largest absolute Gasteiger partial charge is 0.378 e. The van der Waals surface area contributed by atoms with E-state index in [0.29, 0.717) is 33.0 Å². The summed E-state index contributed by atoms with van der Waals surface area (Å²) in [6.45, 7) is 5.85. The number of amides is 1. The first-order valence-corrected chi connectivity index (χ1v) is 7.83. The van der Waals surface area contributed by atoms with Gasteiger partial charge in [-0.25, -0.2) is 0 Å². The van der Waals surface area contributed by atoms with Gasteiger partial charge in [0.15, 0.2) is 0 Å². The van der Waals surface area contributed by atoms with Gasteiger partial charge < -0.3 is 19.7 Å². The van der Waals surface area contributed by atoms with E-state index in [0.717, 1.165) is 18.5 Å². The first-order valence-electron chi connectivity index (χ1n) is 7.83. The van der Waals surface area contributed by atoms with Gasteiger partial charge in [0.1, 0.15) is 0 Å². The number of nitrogens with one attached hydrogen (secondary N) is 1. The molecule has 0 spiro atoms. The molecule has 1 N–H and O–H groups in total. The summed E-state index contributed by atoms with van der Waals surface area (Å²) in [4.78, 5) is 13.9. The first-order chi connectivity index (χ1) is 10.7. The van der Waals surface area contributed by atoms with Crippen LogP contribution in [-0.2, 0) is 15.9 Å². The maximum atomic E-state index is 12.2. The number of likely N-dealkylation sites (N-methyl/N-ethyl adjacent to an activating group) is 2. The van der Waals surface area contributed by atoms with Gasteiger partial charge >= 0.3 is 0 Å². The van der Waals surface area contributed by atoms with Gasteiger partial charge in [-0.2, -0.15) is 0 Å². The molecule has 0 aliphatic rings. The molecule has 1 amide bonds. The molecule has 0 atom stereocenters. The predicted molar refractivity (Wildman–Crippen MR) is 88.3 cm³/mol. The Morgan fingerprint density at radius 1 is 1.09 bits per heavy atom. The SMILES string of the molecule is CCc1ccc(C(=O)N(C)CCOCCOCCNC)cc1. The average molecular weight is 308 g/mol. The molecule has 0 saturated heterocycles. The van der Waals surface area contributed by atoms with E-state index < -0.39 is 0 Å². The Hall–Kier alpha value is -1.43. The van der Waals surface area contributed by atoms with Crippen LogP contribution in [-0.4, -0.2) is 64.4 Å². The summed E-state index contributed by atoms with van der Waals surface area (Å²) in [5, 5.41) is 3.01. The summed E-state index contributed by atoms with van der Waals surface area (Å²) in [6, 6.07) is 7.77. The lowest BCUT2D eigenvalue weighted by Crippen LogP contribution is -2.30. The second-order valence-electron chi connectivity index (χ2n) is 5.11. The number of ether oxygens (including phenoxy) is 2. The van der Waals surface area contributed by atoms with E-state index in [2.05, 4.69) is 12.2 Å². The summed E-state index contributed by atoms with van der Waals surface area (Å²) in [5.41, 5.74) is 1.95. The van der Waals surface area contributed by atoms with Crippen LogP contribution in [0.4, 0.5) is 0 Å². The first kappa shape index (κ1) is 18.6. The lowest BCUT2D eigenvalue weighted by Gasteiger charge is -2.17. The molecular formula is C17H28N2O3. The van der Waals surface area contributed by atoms with Crippen LogP contribution in [0.25, 0.3) is 0 Å². The Bertz CT molecular complexity index is 420. The van der Waals surface area contributed by atoms with E-state index in [1.165, 1.54) is 5.56 Å². The van der Waals surface area contributed by atoms with E-state index in [4.69, 9.17) is 9.47 Å². The molecule has 1 aromatic rings. The minimum absolute atomic E-state index is 0.0246. The molecule has 0 aliphatic carbocycles. The maximum absolute atomic E-state index is 12.2. The summed E-state index contributed by atoms with van der Waals surface area (Å²) >= 11 is 0. The van der Waals surface area contributed by atoms with Crippen molar-refractivity contribution in [2.45, 2.75) is 13.3 Å². The summed E-state index contributed by atoms with van der Waals surface area (Å²) in [7, 11) is 3.69. The normalized spacial score (nSPS) is 10.7. The van der Waals surface area contributed by atoms with Crippen LogP contribution in [0.2, 0.25) is 0 Å². The summed E-state index contributed by atoms with van der Waals surface area (Å²) in [6.07, 6.45) is 0.981. The van der Waals surface area contributed by atoms with Gasteiger partial charge in [0.05, 0.1) is 26.4 Å². The molecule has 5 nitrogen and oxygen atoms in total. The van der Waals surface area contributed by atoms with Gasteiger partial charge in [-0.1, -0.05) is 19.1 Å². The number of nitrogens with zero attached hydrogens (tertiary/aromatic N) is 1. The van der Waals surface area contributed by atoms with Crippen LogP contribution in [0.1, 0.15) is 22.8 Å². The molecule has 5 heteroatoms. The highest BCUT2D eigenvalue weighted by molar-refractivity contribution is 5.94. The van der Waals surface area contributed by atoms with Crippen molar-refractivity contribution in [3.05, 3.63) is 35.4 Å². The van der Waals surface area contributed by atoms with Crippen LogP contribution in [0.5, 0.6) is 0 Å². The van der Waals surface area contributed by atoms with Crippen molar-refractivity contribution in [2.75, 3.05) is 53.6 Å². The van der Waals surface area contributed by atoms with Crippen LogP contribution >= 0.6 is 0 Å². The number of carbonyl (C=O) groups excluding carboxylic acids is 1. The number of benzene rings is 1. The molecular weight excluding hydrogens is 280 g/mol. The third-order valence-electron chi connectivity index (χ3n) is 3.40. The van der Waals surface area contributed by atoms with E-state index in [1.54, 1.807) is 11.9 Å². The topological polar surface area (TPSA) is 50.8 Å². The highest BCUT2D eigenvalue weighted by Gasteiger charge is 2.10. The molecule has 22 heavy (non-hydrogen) atoms. The quantitative estimate of drug-likeness (QED) is 0.631. The number of rotatable bonds is 11. The van der Waals surface area contributed by atoms with Crippen molar-refractivity contribution in [3.8, 4) is 0 Å². The second kappa shape index (κ2) is 11.2. The van der Waals surface area contributed by atoms with Crippen molar-refractivity contribution in [1.29, 1.82) is 0 Å². The van der Waals surface area contributed by atoms with Crippen LogP contribution in [0.15, 0.2) is 24.3 Å². The molecule has 0 radical (unpaired) electrons. The Labute approximate surface area is 133 Å². The third kappa shape index (κ3) is 7.02. The van der Waals surface area contributed by atoms with Crippen molar-refractivity contribution in [2.24, 2.45) is 0 Å². The smallest absolute Gasteiger partial charge is 0.253 e. The number of carbonyl (C=O) groups is 1. The molecule has 124 valence electrons. The molecule has 1 aromatic carbocycles. The van der Waals surface area contributed by atoms with E-state index >= 15 is 0 Å². The Balaban J connectivity index is 2.18. The van der Waals surface area contributed by atoms with E-state index in [1.807, 2.05) is 31.3 Å². The standard InChI is InChI=1S/C17H28N2O3/c1-4-15-5-7-16(8-6-15)17(20)19(3)10-12-22-14-13-21-11-9-18-2/h5-8,18H,4,9-14H2,1-3H3. The second-order valence-corrected chi connectivity index (χ2v) is 5.11. The zero-order valence-electron chi connectivity index (χ0n) is 13.9. The van der Waals surface area contributed by atoms with E-state index in [-0.39, 0.29) is 5.91 Å². The van der Waals surface area contributed by atoms with Gasteiger partial charge in [0.2, 0.25) is 0 Å². The Kier molecular flexibility index (Phi) is 9.46. The molecule has 0 bridgehead atoms. The highest BCUT2D eigenvalue weighted by Crippen LogP contribution is 2.07. The number of aryl methyl sites for hydroxylation is 1. The Morgan fingerprint density at radius 2 is 1.73 bits per heavy atom. The van der Waals surface area contributed by atoms with Crippen LogP contribution in [0, 0.1) is 0 Å². The lowest BCUT2D eigenvalue weighted by molar-refractivity contribution is 0.0398. The van der Waals surface area contributed by atoms with Crippen LogP contribution < -0.4 is 5.32 Å². The summed E-state index contributed by atoms with van der Waals surface area (Å²) in [5.74, 6) is 0.0246. The van der Waals surface area contributed by atoms with Gasteiger partial charge in [-0.3, -0.25) is 4.79 Å². The minimum atomic E-state index is 0.0246. The average Bonchev–Trinajstić information content (AvgIpc) is 2.56. The molecule has 0 saturated carbocycles. The number of hydrogen-bond acceptors (Lipinski definition) is 4. The van der Waals surface area contributed by atoms with Gasteiger partial charge in [0, 0.05) is 25.7 Å². The van der Waals surface area contributed by atoms with Gasteiger partial charge in [0.25, 0.3) is 5.91 Å². The van der Waals surface area contributed by atoms with E-state index in [9.17, 15) is 4.79 Å². The Morgan fingerprint density at radius 3 is 2.32 bits per heavy atom. The molecule has 0 fully saturated rings. The molecule has 0 aromatic heterocycles. The molecule has 0 heterocycles. The summed E-state index contributed by atoms with van der Waals surface area (Å²) < 4.78 is 10.8. The molecule has 0 aliphatic heterocycles.